The first-order valence-corrected chi connectivity index (χ1v) is 9.90. The highest BCUT2D eigenvalue weighted by molar-refractivity contribution is 5.93. The Morgan fingerprint density at radius 2 is 2.30 bits per heavy atom. The summed E-state index contributed by atoms with van der Waals surface area (Å²) >= 11 is 0. The summed E-state index contributed by atoms with van der Waals surface area (Å²) in [6.45, 7) is 6.28. The van der Waals surface area contributed by atoms with E-state index in [0.717, 1.165) is 12.0 Å². The monoisotopic (exact) mass is 401 g/mol. The molecule has 1 aromatic carbocycles. The number of nitrogens with zero attached hydrogens (tertiary/aromatic N) is 3. The summed E-state index contributed by atoms with van der Waals surface area (Å²) in [6.07, 6.45) is 10.4. The molecule has 1 amide bonds. The largest absolute Gasteiger partial charge is 0.457 e. The van der Waals surface area contributed by atoms with E-state index in [1.54, 1.807) is 17.0 Å². The molecular weight excluding hydrogens is 378 g/mol. The number of nitrogens with one attached hydrogen (secondary N) is 2. The highest BCUT2D eigenvalue weighted by atomic mass is 16.5. The van der Waals surface area contributed by atoms with Crippen LogP contribution in [0.4, 0.5) is 0 Å². The molecule has 1 aliphatic carbocycles. The van der Waals surface area contributed by atoms with Crippen LogP contribution >= 0.6 is 0 Å². The molecule has 2 fully saturated rings. The van der Waals surface area contributed by atoms with E-state index in [1.165, 1.54) is 0 Å². The van der Waals surface area contributed by atoms with E-state index in [1.807, 2.05) is 49.4 Å². The van der Waals surface area contributed by atoms with Gasteiger partial charge in [-0.1, -0.05) is 30.9 Å². The van der Waals surface area contributed by atoms with Crippen molar-refractivity contribution in [2.24, 2.45) is 5.92 Å². The first-order chi connectivity index (χ1) is 14.6. The van der Waals surface area contributed by atoms with Crippen molar-refractivity contribution in [2.45, 2.75) is 25.4 Å². The number of carbonyl (C=O) groups excluding carboxylic acids is 1. The quantitative estimate of drug-likeness (QED) is 0.421. The molecule has 7 heteroatoms. The molecule has 2 aliphatic rings. The fourth-order valence-electron chi connectivity index (χ4n) is 3.79. The third-order valence-corrected chi connectivity index (χ3v) is 5.43. The number of aromatic nitrogens is 2. The predicted molar refractivity (Wildman–Crippen MR) is 113 cm³/mol. The van der Waals surface area contributed by atoms with Crippen LogP contribution in [-0.4, -0.2) is 39.6 Å². The maximum absolute atomic E-state index is 12.7. The first-order valence-electron chi connectivity index (χ1n) is 9.90. The van der Waals surface area contributed by atoms with Crippen molar-refractivity contribution in [3.05, 3.63) is 72.7 Å². The van der Waals surface area contributed by atoms with Crippen LogP contribution in [0, 0.1) is 17.4 Å². The molecule has 152 valence electrons. The number of rotatable bonds is 7. The zero-order valence-electron chi connectivity index (χ0n) is 16.7. The number of amides is 1. The van der Waals surface area contributed by atoms with E-state index in [9.17, 15) is 4.79 Å². The van der Waals surface area contributed by atoms with Crippen molar-refractivity contribution in [1.29, 1.82) is 5.26 Å². The number of aromatic amines is 1. The summed E-state index contributed by atoms with van der Waals surface area (Å²) in [5.41, 5.74) is 1.75. The number of H-pyrrole nitrogens is 1. The van der Waals surface area contributed by atoms with E-state index in [0.29, 0.717) is 35.4 Å². The highest BCUT2D eigenvalue weighted by Crippen LogP contribution is 2.44. The number of ether oxygens (including phenoxy) is 1. The molecule has 3 unspecified atom stereocenters. The van der Waals surface area contributed by atoms with Crippen LogP contribution in [0.1, 0.15) is 23.8 Å². The smallest absolute Gasteiger partial charge is 0.269 e. The highest BCUT2D eigenvalue weighted by Gasteiger charge is 2.54. The van der Waals surface area contributed by atoms with Gasteiger partial charge in [0.25, 0.3) is 5.91 Å². The molecule has 2 heterocycles. The van der Waals surface area contributed by atoms with Gasteiger partial charge in [0.2, 0.25) is 0 Å². The van der Waals surface area contributed by atoms with Crippen LogP contribution in [0.5, 0.6) is 5.75 Å². The lowest BCUT2D eigenvalue weighted by molar-refractivity contribution is 0.0928. The Balaban J connectivity index is 1.50. The normalized spacial score (nSPS) is 22.5. The second-order valence-corrected chi connectivity index (χ2v) is 7.36. The zero-order chi connectivity index (χ0) is 21.1. The summed E-state index contributed by atoms with van der Waals surface area (Å²) in [5.74, 6) is 1.37. The van der Waals surface area contributed by atoms with Crippen molar-refractivity contribution in [3.8, 4) is 23.2 Å². The van der Waals surface area contributed by atoms with E-state index in [-0.39, 0.29) is 18.0 Å². The number of nitriles is 1. The third-order valence-electron chi connectivity index (χ3n) is 5.43. The van der Waals surface area contributed by atoms with E-state index in [4.69, 9.17) is 10.00 Å². The van der Waals surface area contributed by atoms with Crippen molar-refractivity contribution in [3.63, 3.8) is 0 Å². The molecule has 1 saturated carbocycles. The minimum absolute atomic E-state index is 0.00331. The summed E-state index contributed by atoms with van der Waals surface area (Å²) in [6, 6.07) is 9.50. The minimum Gasteiger partial charge on any atom is -0.457 e. The molecule has 2 N–H and O–H groups in total. The molecule has 3 atom stereocenters. The summed E-state index contributed by atoms with van der Waals surface area (Å²) in [5, 5.41) is 19.3. The van der Waals surface area contributed by atoms with Crippen LogP contribution in [0.3, 0.4) is 0 Å². The Labute approximate surface area is 175 Å². The number of para-hydroxylation sites is 1. The first kappa shape index (κ1) is 19.5. The van der Waals surface area contributed by atoms with Crippen molar-refractivity contribution >= 4 is 5.91 Å². The van der Waals surface area contributed by atoms with E-state index < -0.39 is 0 Å². The van der Waals surface area contributed by atoms with E-state index in [2.05, 4.69) is 28.3 Å². The lowest BCUT2D eigenvalue weighted by Crippen LogP contribution is -2.39. The number of hydrogen-bond donors (Lipinski definition) is 2. The fourth-order valence-corrected chi connectivity index (χ4v) is 3.79. The molecule has 4 rings (SSSR count). The molecule has 2 aromatic rings. The lowest BCUT2D eigenvalue weighted by atomic mass is 10.1. The lowest BCUT2D eigenvalue weighted by Gasteiger charge is -2.15. The number of likely N-dealkylation sites (tertiary alicyclic amines) is 1. The molecule has 0 bridgehead atoms. The summed E-state index contributed by atoms with van der Waals surface area (Å²) in [7, 11) is 0. The molecule has 1 aliphatic heterocycles. The Morgan fingerprint density at radius 1 is 1.47 bits per heavy atom. The molecule has 30 heavy (non-hydrogen) atoms. The average Bonchev–Trinajstić information content (AvgIpc) is 3.26. The number of hydrogen-bond acceptors (Lipinski definition) is 5. The standard InChI is InChI=1S/C23H23N5O2/c1-3-5-8-15(4-2)30-22-10-7-6-9-16(22)18-12-19(27-26-18)23(29)25-20-13-28(14-24)21-11-17(20)21/h3-10,12,17,20-21H,2,11,13H2,1H3,(H,25,29)(H,26,27)/b5-3-,15-8+. The Morgan fingerprint density at radius 3 is 3.03 bits per heavy atom. The number of allylic oxidation sites excluding steroid dienone is 4. The zero-order valence-corrected chi connectivity index (χ0v) is 16.7. The van der Waals surface area contributed by atoms with Crippen LogP contribution < -0.4 is 10.1 Å². The van der Waals surface area contributed by atoms with Crippen LogP contribution in [0.25, 0.3) is 11.3 Å². The number of carbonyl (C=O) groups is 1. The van der Waals surface area contributed by atoms with Gasteiger partial charge >= 0.3 is 0 Å². The maximum atomic E-state index is 12.7. The fraction of sp³-hybridized carbons (Fsp3) is 0.261. The molecule has 1 aromatic heterocycles. The third kappa shape index (κ3) is 3.85. The van der Waals surface area contributed by atoms with Crippen molar-refractivity contribution < 1.29 is 9.53 Å². The second-order valence-electron chi connectivity index (χ2n) is 7.36. The molecule has 1 saturated heterocycles. The molecule has 0 spiro atoms. The topological polar surface area (TPSA) is 94.0 Å². The van der Waals surface area contributed by atoms with Gasteiger partial charge in [0.15, 0.2) is 6.19 Å². The van der Waals surface area contributed by atoms with Crippen LogP contribution in [0.15, 0.2) is 67.0 Å². The molecule has 0 radical (unpaired) electrons. The van der Waals surface area contributed by atoms with Gasteiger partial charge in [-0.2, -0.15) is 10.4 Å². The number of piperidine rings is 1. The van der Waals surface area contributed by atoms with Gasteiger partial charge in [0.1, 0.15) is 17.2 Å². The molecule has 7 nitrogen and oxygen atoms in total. The SMILES string of the molecule is C=C/C(=C\C=C/C)Oc1ccccc1-c1cc(C(=O)NC2CN(C#N)C3CC23)[nH]n1. The predicted octanol–water partition coefficient (Wildman–Crippen LogP) is 3.39. The van der Waals surface area contributed by atoms with Gasteiger partial charge < -0.3 is 15.0 Å². The van der Waals surface area contributed by atoms with Crippen LogP contribution in [0.2, 0.25) is 0 Å². The second kappa shape index (κ2) is 8.29. The van der Waals surface area contributed by atoms with Crippen molar-refractivity contribution in [1.82, 2.24) is 20.4 Å². The minimum atomic E-state index is -0.220. The summed E-state index contributed by atoms with van der Waals surface area (Å²) in [4.78, 5) is 14.4. The maximum Gasteiger partial charge on any atom is 0.269 e. The van der Waals surface area contributed by atoms with Crippen molar-refractivity contribution in [2.75, 3.05) is 6.54 Å². The number of benzene rings is 1. The van der Waals surface area contributed by atoms with Crippen LogP contribution in [-0.2, 0) is 0 Å². The Bertz CT molecular complexity index is 1060. The van der Waals surface area contributed by atoms with Gasteiger partial charge in [0, 0.05) is 24.1 Å². The van der Waals surface area contributed by atoms with Gasteiger partial charge in [-0.05, 0) is 43.7 Å². The van der Waals surface area contributed by atoms with Gasteiger partial charge in [-0.15, -0.1) is 0 Å². The Hall–Kier alpha value is -3.79. The summed E-state index contributed by atoms with van der Waals surface area (Å²) < 4.78 is 5.97. The molecular formula is C23H23N5O2. The van der Waals surface area contributed by atoms with Gasteiger partial charge in [0.05, 0.1) is 11.7 Å². The number of fused-ring (bicyclic) bond motifs is 1. The van der Waals surface area contributed by atoms with Gasteiger partial charge in [-0.3, -0.25) is 9.89 Å². The van der Waals surface area contributed by atoms with E-state index >= 15 is 0 Å². The average molecular weight is 401 g/mol. The van der Waals surface area contributed by atoms with Gasteiger partial charge in [-0.25, -0.2) is 0 Å². The Kier molecular flexibility index (Phi) is 5.40.